The van der Waals surface area contributed by atoms with Gasteiger partial charge in [-0.1, -0.05) is 25.1 Å². The molecule has 1 aromatic carbocycles. The highest BCUT2D eigenvalue weighted by Gasteiger charge is 2.15. The SMILES string of the molecule is CCC(C)N(O)C(=O)Nc1ccccc1. The summed E-state index contributed by atoms with van der Waals surface area (Å²) in [4.78, 5) is 11.5. The van der Waals surface area contributed by atoms with Crippen molar-refractivity contribution in [2.45, 2.75) is 26.3 Å². The zero-order valence-corrected chi connectivity index (χ0v) is 8.97. The van der Waals surface area contributed by atoms with Crippen molar-refractivity contribution < 1.29 is 10.0 Å². The Balaban J connectivity index is 2.56. The highest BCUT2D eigenvalue weighted by molar-refractivity contribution is 5.88. The number of nitrogens with one attached hydrogen (secondary N) is 1. The number of hydroxylamine groups is 2. The molecule has 15 heavy (non-hydrogen) atoms. The molecule has 0 aliphatic rings. The Hall–Kier alpha value is -1.55. The highest BCUT2D eigenvalue weighted by Crippen LogP contribution is 2.08. The summed E-state index contributed by atoms with van der Waals surface area (Å²) in [6, 6.07) is 8.34. The van der Waals surface area contributed by atoms with Gasteiger partial charge in [0.2, 0.25) is 0 Å². The Kier molecular flexibility index (Phi) is 4.12. The van der Waals surface area contributed by atoms with Crippen LogP contribution in [0.2, 0.25) is 0 Å². The topological polar surface area (TPSA) is 52.6 Å². The summed E-state index contributed by atoms with van der Waals surface area (Å²) in [6.07, 6.45) is 0.707. The summed E-state index contributed by atoms with van der Waals surface area (Å²) in [5, 5.41) is 12.8. The Morgan fingerprint density at radius 1 is 1.47 bits per heavy atom. The number of amides is 2. The van der Waals surface area contributed by atoms with Gasteiger partial charge in [0.1, 0.15) is 0 Å². The fourth-order valence-corrected chi connectivity index (χ4v) is 1.08. The van der Waals surface area contributed by atoms with Crippen molar-refractivity contribution in [2.75, 3.05) is 5.32 Å². The lowest BCUT2D eigenvalue weighted by Gasteiger charge is -2.21. The van der Waals surface area contributed by atoms with Crippen molar-refractivity contribution in [3.63, 3.8) is 0 Å². The molecule has 2 amide bonds. The van der Waals surface area contributed by atoms with Gasteiger partial charge in [-0.05, 0) is 25.5 Å². The normalized spacial score (nSPS) is 11.9. The van der Waals surface area contributed by atoms with Gasteiger partial charge in [-0.2, -0.15) is 0 Å². The van der Waals surface area contributed by atoms with Crippen LogP contribution in [0.15, 0.2) is 30.3 Å². The fourth-order valence-electron chi connectivity index (χ4n) is 1.08. The van der Waals surface area contributed by atoms with Gasteiger partial charge < -0.3 is 5.32 Å². The van der Waals surface area contributed by atoms with E-state index < -0.39 is 6.03 Å². The third-order valence-electron chi connectivity index (χ3n) is 2.24. The molecule has 82 valence electrons. The zero-order valence-electron chi connectivity index (χ0n) is 8.97. The van der Waals surface area contributed by atoms with Crippen molar-refractivity contribution in [1.29, 1.82) is 0 Å². The first-order chi connectivity index (χ1) is 7.15. The number of nitrogens with zero attached hydrogens (tertiary/aromatic N) is 1. The second kappa shape index (κ2) is 5.36. The van der Waals surface area contributed by atoms with Crippen LogP contribution in [0.5, 0.6) is 0 Å². The van der Waals surface area contributed by atoms with E-state index in [0.717, 1.165) is 0 Å². The van der Waals surface area contributed by atoms with Crippen LogP contribution in [0, 0.1) is 0 Å². The molecule has 0 saturated heterocycles. The molecule has 4 nitrogen and oxygen atoms in total. The summed E-state index contributed by atoms with van der Waals surface area (Å²) < 4.78 is 0. The molecule has 0 fully saturated rings. The summed E-state index contributed by atoms with van der Waals surface area (Å²) in [6.45, 7) is 3.69. The van der Waals surface area contributed by atoms with Crippen LogP contribution in [0.4, 0.5) is 10.5 Å². The molecule has 1 unspecified atom stereocenters. The molecule has 0 spiro atoms. The number of carbonyl (C=O) groups is 1. The van der Waals surface area contributed by atoms with E-state index in [9.17, 15) is 10.0 Å². The van der Waals surface area contributed by atoms with Crippen LogP contribution < -0.4 is 5.32 Å². The molecule has 4 heteroatoms. The average Bonchev–Trinajstić information content (AvgIpc) is 2.28. The summed E-state index contributed by atoms with van der Waals surface area (Å²) in [5.74, 6) is 0. The largest absolute Gasteiger partial charge is 0.345 e. The Morgan fingerprint density at radius 2 is 2.07 bits per heavy atom. The summed E-state index contributed by atoms with van der Waals surface area (Å²) in [5.41, 5.74) is 0.671. The third-order valence-corrected chi connectivity index (χ3v) is 2.24. The minimum Gasteiger partial charge on any atom is -0.306 e. The molecule has 0 aromatic heterocycles. The first-order valence-electron chi connectivity index (χ1n) is 4.99. The lowest BCUT2D eigenvalue weighted by atomic mass is 10.2. The molecule has 0 bridgehead atoms. The van der Waals surface area contributed by atoms with E-state index in [4.69, 9.17) is 0 Å². The quantitative estimate of drug-likeness (QED) is 0.592. The van der Waals surface area contributed by atoms with Gasteiger partial charge in [0.25, 0.3) is 0 Å². The smallest absolute Gasteiger partial charge is 0.306 e. The number of para-hydroxylation sites is 1. The fraction of sp³-hybridized carbons (Fsp3) is 0.364. The predicted octanol–water partition coefficient (Wildman–Crippen LogP) is 2.71. The van der Waals surface area contributed by atoms with E-state index in [0.29, 0.717) is 17.2 Å². The molecule has 0 aliphatic carbocycles. The lowest BCUT2D eigenvalue weighted by Crippen LogP contribution is -2.38. The van der Waals surface area contributed by atoms with E-state index in [-0.39, 0.29) is 6.04 Å². The van der Waals surface area contributed by atoms with E-state index in [1.54, 1.807) is 19.1 Å². The van der Waals surface area contributed by atoms with Crippen molar-refractivity contribution in [3.05, 3.63) is 30.3 Å². The van der Waals surface area contributed by atoms with Gasteiger partial charge in [0.15, 0.2) is 0 Å². The maximum Gasteiger partial charge on any atom is 0.345 e. The van der Waals surface area contributed by atoms with Crippen LogP contribution in [-0.2, 0) is 0 Å². The van der Waals surface area contributed by atoms with Crippen LogP contribution in [0.3, 0.4) is 0 Å². The lowest BCUT2D eigenvalue weighted by molar-refractivity contribution is -0.0683. The molecule has 1 aromatic rings. The van der Waals surface area contributed by atoms with Gasteiger partial charge in [-0.25, -0.2) is 9.86 Å². The van der Waals surface area contributed by atoms with E-state index >= 15 is 0 Å². The first kappa shape index (κ1) is 11.5. The summed E-state index contributed by atoms with van der Waals surface area (Å²) in [7, 11) is 0. The molecule has 1 atom stereocenters. The van der Waals surface area contributed by atoms with Crippen LogP contribution in [0.1, 0.15) is 20.3 Å². The van der Waals surface area contributed by atoms with Crippen LogP contribution in [0.25, 0.3) is 0 Å². The van der Waals surface area contributed by atoms with E-state index in [1.165, 1.54) is 0 Å². The molecule has 0 heterocycles. The predicted molar refractivity (Wildman–Crippen MR) is 58.8 cm³/mol. The molecule has 0 aliphatic heterocycles. The molecule has 2 N–H and O–H groups in total. The van der Waals surface area contributed by atoms with Gasteiger partial charge in [0, 0.05) is 5.69 Å². The number of anilines is 1. The van der Waals surface area contributed by atoms with Crippen LogP contribution >= 0.6 is 0 Å². The Bertz CT molecular complexity index is 314. The number of rotatable bonds is 3. The molecule has 0 saturated carbocycles. The molecule has 0 radical (unpaired) electrons. The standard InChI is InChI=1S/C11H16N2O2/c1-3-9(2)13(15)11(14)12-10-7-5-4-6-8-10/h4-9,15H,3H2,1-2H3,(H,12,14). The molecule has 1 rings (SSSR count). The first-order valence-corrected chi connectivity index (χ1v) is 4.99. The minimum absolute atomic E-state index is 0.186. The second-order valence-electron chi connectivity index (χ2n) is 3.40. The van der Waals surface area contributed by atoms with Crippen molar-refractivity contribution >= 4 is 11.7 Å². The monoisotopic (exact) mass is 208 g/mol. The maximum atomic E-state index is 11.5. The van der Waals surface area contributed by atoms with E-state index in [1.807, 2.05) is 25.1 Å². The van der Waals surface area contributed by atoms with Gasteiger partial charge in [0.05, 0.1) is 6.04 Å². The highest BCUT2D eigenvalue weighted by atomic mass is 16.5. The number of benzene rings is 1. The minimum atomic E-state index is -0.504. The number of carbonyl (C=O) groups excluding carboxylic acids is 1. The van der Waals surface area contributed by atoms with Gasteiger partial charge in [-0.15, -0.1) is 0 Å². The number of hydrogen-bond acceptors (Lipinski definition) is 2. The summed E-state index contributed by atoms with van der Waals surface area (Å²) >= 11 is 0. The Morgan fingerprint density at radius 3 is 2.60 bits per heavy atom. The van der Waals surface area contributed by atoms with Gasteiger partial charge in [-0.3, -0.25) is 5.21 Å². The number of hydrogen-bond donors (Lipinski definition) is 2. The van der Waals surface area contributed by atoms with Gasteiger partial charge >= 0.3 is 6.03 Å². The van der Waals surface area contributed by atoms with Crippen molar-refractivity contribution in [2.24, 2.45) is 0 Å². The molecular formula is C11H16N2O2. The molecular weight excluding hydrogens is 192 g/mol. The number of urea groups is 1. The van der Waals surface area contributed by atoms with E-state index in [2.05, 4.69) is 5.32 Å². The van der Waals surface area contributed by atoms with Crippen molar-refractivity contribution in [1.82, 2.24) is 5.06 Å². The second-order valence-corrected chi connectivity index (χ2v) is 3.40. The van der Waals surface area contributed by atoms with Crippen molar-refractivity contribution in [3.8, 4) is 0 Å². The van der Waals surface area contributed by atoms with Crippen LogP contribution in [-0.4, -0.2) is 22.3 Å². The zero-order chi connectivity index (χ0) is 11.3. The Labute approximate surface area is 89.5 Å². The maximum absolute atomic E-state index is 11.5. The average molecular weight is 208 g/mol. The third kappa shape index (κ3) is 3.25.